The first-order chi connectivity index (χ1) is 5.78. The molecule has 0 aliphatic rings. The molecule has 1 amide bonds. The molecule has 0 aromatic carbocycles. The first-order valence-corrected chi connectivity index (χ1v) is 4.30. The predicted octanol–water partition coefficient (Wildman–Crippen LogP) is 0.869. The van der Waals surface area contributed by atoms with Gasteiger partial charge < -0.3 is 10.4 Å². The zero-order chi connectivity index (χ0) is 10.6. The molecule has 0 heterocycles. The summed E-state index contributed by atoms with van der Waals surface area (Å²) in [6, 6.07) is 0. The van der Waals surface area contributed by atoms with E-state index in [9.17, 15) is 9.59 Å². The maximum absolute atomic E-state index is 11.3. The van der Waals surface area contributed by atoms with Gasteiger partial charge in [0.2, 0.25) is 5.91 Å². The number of amides is 1. The summed E-state index contributed by atoms with van der Waals surface area (Å²) in [7, 11) is 0. The maximum atomic E-state index is 11.3. The van der Waals surface area contributed by atoms with Crippen molar-refractivity contribution in [2.45, 2.75) is 27.7 Å². The van der Waals surface area contributed by atoms with E-state index in [1.54, 1.807) is 0 Å². The lowest BCUT2D eigenvalue weighted by Crippen LogP contribution is -2.43. The fraction of sp³-hybridized carbons (Fsp3) is 0.778. The molecule has 2 N–H and O–H groups in total. The highest BCUT2D eigenvalue weighted by Crippen LogP contribution is 2.14. The molecule has 4 nitrogen and oxygen atoms in total. The summed E-state index contributed by atoms with van der Waals surface area (Å²) in [5.74, 6) is -1.21. The fourth-order valence-electron chi connectivity index (χ4n) is 0.615. The van der Waals surface area contributed by atoms with Gasteiger partial charge in [0.15, 0.2) is 0 Å². The van der Waals surface area contributed by atoms with E-state index in [-0.39, 0.29) is 0 Å². The Morgan fingerprint density at radius 3 is 2.15 bits per heavy atom. The number of hydrogen-bond donors (Lipinski definition) is 2. The number of carbonyl (C=O) groups is 2. The van der Waals surface area contributed by atoms with Gasteiger partial charge >= 0.3 is 5.97 Å². The Kier molecular flexibility index (Phi) is 3.91. The van der Waals surface area contributed by atoms with Crippen LogP contribution in [0.15, 0.2) is 0 Å². The largest absolute Gasteiger partial charge is 0.480 e. The van der Waals surface area contributed by atoms with Crippen molar-refractivity contribution in [2.75, 3.05) is 6.54 Å². The molecule has 0 atom stereocenters. The summed E-state index contributed by atoms with van der Waals surface area (Å²) in [6.45, 7) is 7.20. The van der Waals surface area contributed by atoms with Gasteiger partial charge in [-0.05, 0) is 19.8 Å². The van der Waals surface area contributed by atoms with Gasteiger partial charge in [0.25, 0.3) is 0 Å². The minimum Gasteiger partial charge on any atom is -0.480 e. The van der Waals surface area contributed by atoms with Crippen LogP contribution < -0.4 is 5.32 Å². The molecule has 0 unspecified atom stereocenters. The van der Waals surface area contributed by atoms with E-state index in [1.165, 1.54) is 13.8 Å². The monoisotopic (exact) mass is 187 g/mol. The van der Waals surface area contributed by atoms with E-state index in [1.807, 2.05) is 13.8 Å². The summed E-state index contributed by atoms with van der Waals surface area (Å²) in [4.78, 5) is 22.0. The maximum Gasteiger partial charge on any atom is 0.318 e. The van der Waals surface area contributed by atoms with Crippen LogP contribution in [0.4, 0.5) is 0 Å². The Morgan fingerprint density at radius 2 is 1.85 bits per heavy atom. The molecule has 0 aromatic heterocycles. The number of nitrogens with one attached hydrogen (secondary N) is 1. The smallest absolute Gasteiger partial charge is 0.318 e. The molecule has 0 bridgehead atoms. The number of carboxylic acid groups (broad SMARTS) is 1. The van der Waals surface area contributed by atoms with E-state index < -0.39 is 17.3 Å². The molecule has 0 saturated heterocycles. The molecule has 0 aliphatic carbocycles. The number of carbonyl (C=O) groups excluding carboxylic acids is 1. The van der Waals surface area contributed by atoms with Gasteiger partial charge in [0.05, 0.1) is 0 Å². The standard InChI is InChI=1S/C9H17NO3/c1-6(2)5-10-7(11)9(3,4)8(12)13/h6H,5H2,1-4H3,(H,10,11)(H,12,13). The van der Waals surface area contributed by atoms with Gasteiger partial charge in [-0.15, -0.1) is 0 Å². The number of aliphatic carboxylic acids is 1. The minimum atomic E-state index is -1.34. The predicted molar refractivity (Wildman–Crippen MR) is 49.3 cm³/mol. The van der Waals surface area contributed by atoms with Gasteiger partial charge in [-0.1, -0.05) is 13.8 Å². The van der Waals surface area contributed by atoms with Crippen LogP contribution in [0.5, 0.6) is 0 Å². The minimum absolute atomic E-state index is 0.327. The SMILES string of the molecule is CC(C)CNC(=O)C(C)(C)C(=O)O. The van der Waals surface area contributed by atoms with Crippen molar-refractivity contribution in [2.24, 2.45) is 11.3 Å². The number of rotatable bonds is 4. The fourth-order valence-corrected chi connectivity index (χ4v) is 0.615. The summed E-state index contributed by atoms with van der Waals surface area (Å²) in [5, 5.41) is 11.3. The van der Waals surface area contributed by atoms with E-state index >= 15 is 0 Å². The van der Waals surface area contributed by atoms with Crippen LogP contribution in [0.1, 0.15) is 27.7 Å². The molecule has 0 rings (SSSR count). The van der Waals surface area contributed by atoms with Gasteiger partial charge in [0, 0.05) is 6.54 Å². The van der Waals surface area contributed by atoms with Gasteiger partial charge in [0.1, 0.15) is 5.41 Å². The summed E-state index contributed by atoms with van der Waals surface area (Å²) in [5.41, 5.74) is -1.34. The lowest BCUT2D eigenvalue weighted by atomic mass is 9.92. The first kappa shape index (κ1) is 11.9. The second kappa shape index (κ2) is 4.25. The molecule has 13 heavy (non-hydrogen) atoms. The Hall–Kier alpha value is -1.06. The average molecular weight is 187 g/mol. The average Bonchev–Trinajstić information content (AvgIpc) is 1.99. The molecule has 0 aliphatic heterocycles. The van der Waals surface area contributed by atoms with Crippen LogP contribution >= 0.6 is 0 Å². The second-order valence-corrected chi connectivity index (χ2v) is 4.03. The summed E-state index contributed by atoms with van der Waals surface area (Å²) < 4.78 is 0. The second-order valence-electron chi connectivity index (χ2n) is 4.03. The van der Waals surface area contributed by atoms with Gasteiger partial charge in [-0.2, -0.15) is 0 Å². The highest BCUT2D eigenvalue weighted by molar-refractivity contribution is 6.00. The molecule has 4 heteroatoms. The number of hydrogen-bond acceptors (Lipinski definition) is 2. The van der Waals surface area contributed by atoms with Crippen LogP contribution in [-0.2, 0) is 9.59 Å². The van der Waals surface area contributed by atoms with Crippen molar-refractivity contribution in [3.8, 4) is 0 Å². The van der Waals surface area contributed by atoms with Crippen LogP contribution in [0.3, 0.4) is 0 Å². The Bertz CT molecular complexity index is 209. The molecule has 76 valence electrons. The summed E-state index contributed by atoms with van der Waals surface area (Å²) >= 11 is 0. The van der Waals surface area contributed by atoms with E-state index in [0.717, 1.165) is 0 Å². The van der Waals surface area contributed by atoms with Crippen LogP contribution in [0, 0.1) is 11.3 Å². The van der Waals surface area contributed by atoms with Crippen molar-refractivity contribution in [3.63, 3.8) is 0 Å². The van der Waals surface area contributed by atoms with Crippen molar-refractivity contribution in [1.82, 2.24) is 5.32 Å². The zero-order valence-corrected chi connectivity index (χ0v) is 8.55. The third kappa shape index (κ3) is 3.44. The Morgan fingerprint density at radius 1 is 1.38 bits per heavy atom. The first-order valence-electron chi connectivity index (χ1n) is 4.30. The summed E-state index contributed by atoms with van der Waals surface area (Å²) in [6.07, 6.45) is 0. The van der Waals surface area contributed by atoms with Gasteiger partial charge in [-0.3, -0.25) is 9.59 Å². The lowest BCUT2D eigenvalue weighted by molar-refractivity contribution is -0.153. The van der Waals surface area contributed by atoms with Crippen molar-refractivity contribution < 1.29 is 14.7 Å². The highest BCUT2D eigenvalue weighted by Gasteiger charge is 2.35. The normalized spacial score (nSPS) is 11.5. The molecule has 0 saturated carbocycles. The van der Waals surface area contributed by atoms with E-state index in [0.29, 0.717) is 12.5 Å². The molecule has 0 fully saturated rings. The Labute approximate surface area is 78.3 Å². The van der Waals surface area contributed by atoms with Crippen molar-refractivity contribution in [3.05, 3.63) is 0 Å². The molecular formula is C9H17NO3. The van der Waals surface area contributed by atoms with Crippen LogP contribution in [0.2, 0.25) is 0 Å². The third-order valence-corrected chi connectivity index (χ3v) is 1.77. The topological polar surface area (TPSA) is 66.4 Å². The van der Waals surface area contributed by atoms with E-state index in [2.05, 4.69) is 5.32 Å². The molecular weight excluding hydrogens is 170 g/mol. The van der Waals surface area contributed by atoms with Gasteiger partial charge in [-0.25, -0.2) is 0 Å². The van der Waals surface area contributed by atoms with Crippen molar-refractivity contribution >= 4 is 11.9 Å². The van der Waals surface area contributed by atoms with Crippen LogP contribution in [-0.4, -0.2) is 23.5 Å². The molecule has 0 aromatic rings. The Balaban J connectivity index is 4.18. The highest BCUT2D eigenvalue weighted by atomic mass is 16.4. The number of carboxylic acids is 1. The third-order valence-electron chi connectivity index (χ3n) is 1.77. The molecule has 0 radical (unpaired) electrons. The zero-order valence-electron chi connectivity index (χ0n) is 8.55. The lowest BCUT2D eigenvalue weighted by Gasteiger charge is -2.19. The van der Waals surface area contributed by atoms with E-state index in [4.69, 9.17) is 5.11 Å². The quantitative estimate of drug-likeness (QED) is 0.642. The van der Waals surface area contributed by atoms with Crippen molar-refractivity contribution in [1.29, 1.82) is 0 Å². The molecule has 0 spiro atoms. The van der Waals surface area contributed by atoms with Crippen LogP contribution in [0.25, 0.3) is 0 Å².